The van der Waals surface area contributed by atoms with E-state index in [-0.39, 0.29) is 23.1 Å². The first-order valence-electron chi connectivity index (χ1n) is 14.2. The van der Waals surface area contributed by atoms with Crippen molar-refractivity contribution in [2.75, 3.05) is 18.0 Å². The summed E-state index contributed by atoms with van der Waals surface area (Å²) in [6.45, 7) is 2.85. The van der Waals surface area contributed by atoms with Crippen molar-refractivity contribution in [3.8, 4) is 0 Å². The van der Waals surface area contributed by atoms with E-state index < -0.39 is 0 Å². The van der Waals surface area contributed by atoms with Gasteiger partial charge >= 0.3 is 0 Å². The van der Waals surface area contributed by atoms with E-state index in [9.17, 15) is 14.4 Å². The first kappa shape index (κ1) is 23.6. The summed E-state index contributed by atoms with van der Waals surface area (Å²) in [7, 11) is 0. The van der Waals surface area contributed by atoms with Crippen molar-refractivity contribution < 1.29 is 14.4 Å². The lowest BCUT2D eigenvalue weighted by Crippen LogP contribution is -2.55. The van der Waals surface area contributed by atoms with Crippen LogP contribution in [0.15, 0.2) is 60.7 Å². The number of hydrogen-bond acceptors (Lipinski definition) is 3. The zero-order valence-corrected chi connectivity index (χ0v) is 22.0. The third-order valence-corrected chi connectivity index (χ3v) is 9.76. The van der Waals surface area contributed by atoms with Gasteiger partial charge < -0.3 is 4.90 Å². The number of nitrogens with zero attached hydrogens (tertiary/aromatic N) is 2. The zero-order chi connectivity index (χ0) is 26.0. The second kappa shape index (κ2) is 8.79. The molecule has 8 rings (SSSR count). The fraction of sp³-hybridized carbons (Fsp3) is 0.424. The Morgan fingerprint density at radius 2 is 1.42 bits per heavy atom. The van der Waals surface area contributed by atoms with Crippen LogP contribution in [0.5, 0.6) is 0 Å². The van der Waals surface area contributed by atoms with Crippen molar-refractivity contribution >= 4 is 34.2 Å². The molecule has 0 unspecified atom stereocenters. The highest BCUT2D eigenvalue weighted by Crippen LogP contribution is 2.60. The minimum atomic E-state index is -0.248. The van der Waals surface area contributed by atoms with Crippen LogP contribution in [0.3, 0.4) is 0 Å². The lowest BCUT2D eigenvalue weighted by atomic mass is 9.49. The summed E-state index contributed by atoms with van der Waals surface area (Å²) in [6, 6.07) is 19.4. The monoisotopic (exact) mass is 506 g/mol. The molecule has 0 atom stereocenters. The van der Waals surface area contributed by atoms with Gasteiger partial charge in [0, 0.05) is 35.3 Å². The highest BCUT2D eigenvalue weighted by molar-refractivity contribution is 6.25. The third-order valence-electron chi connectivity index (χ3n) is 9.76. The molecular formula is C33H34N2O3. The van der Waals surface area contributed by atoms with Crippen molar-refractivity contribution in [2.24, 2.45) is 23.2 Å². The molecule has 1 aliphatic heterocycles. The fourth-order valence-electron chi connectivity index (χ4n) is 8.53. The van der Waals surface area contributed by atoms with Crippen molar-refractivity contribution in [1.82, 2.24) is 4.90 Å². The van der Waals surface area contributed by atoms with Crippen molar-refractivity contribution in [3.05, 3.63) is 77.4 Å². The summed E-state index contributed by atoms with van der Waals surface area (Å²) in [4.78, 5) is 44.6. The van der Waals surface area contributed by atoms with Crippen LogP contribution in [0.1, 0.15) is 71.2 Å². The zero-order valence-electron chi connectivity index (χ0n) is 22.0. The Balaban J connectivity index is 1.15. The Morgan fingerprint density at radius 1 is 0.842 bits per heavy atom. The Hall–Kier alpha value is -3.47. The normalized spacial score (nSPS) is 27.3. The molecule has 5 nitrogen and oxygen atoms in total. The van der Waals surface area contributed by atoms with Crippen LogP contribution in [0.4, 0.5) is 5.69 Å². The maximum absolute atomic E-state index is 14.4. The molecule has 194 valence electrons. The number of carbonyl (C=O) groups is 3. The van der Waals surface area contributed by atoms with E-state index in [2.05, 4.69) is 13.0 Å². The number of hydrogen-bond donors (Lipinski definition) is 0. The fourth-order valence-corrected chi connectivity index (χ4v) is 8.53. The van der Waals surface area contributed by atoms with Crippen LogP contribution in [0.25, 0.3) is 10.8 Å². The van der Waals surface area contributed by atoms with E-state index in [0.29, 0.717) is 48.4 Å². The highest BCUT2D eigenvalue weighted by atomic mass is 16.2. The number of benzene rings is 3. The standard InChI is InChI=1S/C33H34N2O3/c1-21-7-2-3-12-28(21)34(32(38)33-18-22-15-23(19-33)17-24(16-22)20-33)13-6-14-35-30(36)26-10-4-8-25-9-5-11-27(29(25)26)31(35)37/h2-5,7-12,22-24H,6,13-20H2,1H3. The number of para-hydroxylation sites is 1. The molecule has 1 heterocycles. The lowest BCUT2D eigenvalue weighted by molar-refractivity contribution is -0.143. The first-order chi connectivity index (χ1) is 18.4. The Bertz CT molecular complexity index is 1390. The summed E-state index contributed by atoms with van der Waals surface area (Å²) in [5, 5.41) is 1.66. The Kier molecular flexibility index (Phi) is 5.47. The predicted octanol–water partition coefficient (Wildman–Crippen LogP) is 6.38. The van der Waals surface area contributed by atoms with Crippen LogP contribution >= 0.6 is 0 Å². The Morgan fingerprint density at radius 3 is 2.00 bits per heavy atom. The second-order valence-corrected chi connectivity index (χ2v) is 12.3. The van der Waals surface area contributed by atoms with Crippen molar-refractivity contribution in [2.45, 2.75) is 51.9 Å². The lowest BCUT2D eigenvalue weighted by Gasteiger charge is -2.56. The average Bonchev–Trinajstić information content (AvgIpc) is 2.91. The van der Waals surface area contributed by atoms with E-state index in [0.717, 1.165) is 41.3 Å². The molecule has 4 fully saturated rings. The van der Waals surface area contributed by atoms with Crippen LogP contribution in [-0.4, -0.2) is 35.7 Å². The molecular weight excluding hydrogens is 472 g/mol. The summed E-state index contributed by atoms with van der Waals surface area (Å²) < 4.78 is 0. The molecule has 4 aliphatic carbocycles. The molecule has 3 aromatic carbocycles. The largest absolute Gasteiger partial charge is 0.312 e. The number of rotatable bonds is 6. The van der Waals surface area contributed by atoms with Crippen LogP contribution in [0, 0.1) is 30.1 Å². The van der Waals surface area contributed by atoms with Crippen molar-refractivity contribution in [3.63, 3.8) is 0 Å². The maximum atomic E-state index is 14.4. The summed E-state index contributed by atoms with van der Waals surface area (Å²) >= 11 is 0. The topological polar surface area (TPSA) is 57.7 Å². The predicted molar refractivity (Wildman–Crippen MR) is 148 cm³/mol. The molecule has 0 spiro atoms. The van der Waals surface area contributed by atoms with Crippen LogP contribution in [-0.2, 0) is 4.79 Å². The number of aryl methyl sites for hydroxylation is 1. The maximum Gasteiger partial charge on any atom is 0.261 e. The molecule has 3 amide bonds. The van der Waals surface area contributed by atoms with E-state index in [1.165, 1.54) is 24.2 Å². The van der Waals surface area contributed by atoms with Gasteiger partial charge in [-0.3, -0.25) is 19.3 Å². The van der Waals surface area contributed by atoms with Gasteiger partial charge in [0.1, 0.15) is 0 Å². The van der Waals surface area contributed by atoms with Gasteiger partial charge in [-0.1, -0.05) is 42.5 Å². The second-order valence-electron chi connectivity index (χ2n) is 12.3. The number of imide groups is 1. The smallest absolute Gasteiger partial charge is 0.261 e. The first-order valence-corrected chi connectivity index (χ1v) is 14.2. The van der Waals surface area contributed by atoms with Gasteiger partial charge in [-0.15, -0.1) is 0 Å². The van der Waals surface area contributed by atoms with Crippen LogP contribution < -0.4 is 4.90 Å². The van der Waals surface area contributed by atoms with Gasteiger partial charge in [0.05, 0.1) is 5.41 Å². The summed E-state index contributed by atoms with van der Waals surface area (Å²) in [5.74, 6) is 1.85. The summed E-state index contributed by atoms with van der Waals surface area (Å²) in [6.07, 6.45) is 7.49. The molecule has 38 heavy (non-hydrogen) atoms. The van der Waals surface area contributed by atoms with Gasteiger partial charge in [0.2, 0.25) is 5.91 Å². The molecule has 0 radical (unpaired) electrons. The Labute approximate surface area is 223 Å². The number of anilines is 1. The van der Waals surface area contributed by atoms with Gasteiger partial charge in [0.15, 0.2) is 0 Å². The average molecular weight is 507 g/mol. The third kappa shape index (κ3) is 3.62. The molecule has 4 bridgehead atoms. The van der Waals surface area contributed by atoms with E-state index >= 15 is 0 Å². The molecule has 0 saturated heterocycles. The summed E-state index contributed by atoms with van der Waals surface area (Å²) in [5.41, 5.74) is 2.95. The van der Waals surface area contributed by atoms with E-state index in [4.69, 9.17) is 0 Å². The van der Waals surface area contributed by atoms with Gasteiger partial charge in [-0.2, -0.15) is 0 Å². The number of amides is 3. The molecule has 0 N–H and O–H groups in total. The quantitative estimate of drug-likeness (QED) is 0.364. The van der Waals surface area contributed by atoms with Gasteiger partial charge in [0.25, 0.3) is 11.8 Å². The molecule has 0 aromatic heterocycles. The number of carbonyl (C=O) groups excluding carboxylic acids is 3. The minimum absolute atomic E-state index is 0.242. The highest BCUT2D eigenvalue weighted by Gasteiger charge is 2.55. The van der Waals surface area contributed by atoms with E-state index in [1.807, 2.05) is 59.5 Å². The van der Waals surface area contributed by atoms with Crippen LogP contribution in [0.2, 0.25) is 0 Å². The van der Waals surface area contributed by atoms with E-state index in [1.54, 1.807) is 0 Å². The molecule has 5 heteroatoms. The van der Waals surface area contributed by atoms with Crippen molar-refractivity contribution in [1.29, 1.82) is 0 Å². The molecule has 5 aliphatic rings. The molecule has 4 saturated carbocycles. The SMILES string of the molecule is Cc1ccccc1N(CCCN1C(=O)c2cccc3cccc(c23)C1=O)C(=O)C12CC3CC(CC(C3)C1)C2. The molecule has 3 aromatic rings. The minimum Gasteiger partial charge on any atom is -0.312 e. The van der Waals surface area contributed by atoms with Gasteiger partial charge in [-0.25, -0.2) is 0 Å². The van der Waals surface area contributed by atoms with Gasteiger partial charge in [-0.05, 0) is 98.8 Å².